The number of carbonyl (C=O) groups is 2. The Morgan fingerprint density at radius 1 is 1.23 bits per heavy atom. The number of aliphatic hydroxyl groups is 1. The maximum Gasteiger partial charge on any atom is 0.235 e. The molecule has 1 heterocycles. The average molecular weight is 474 g/mol. The molecule has 0 saturated heterocycles. The lowest BCUT2D eigenvalue weighted by molar-refractivity contribution is -0.135. The molecule has 2 atom stereocenters. The third-order valence-electron chi connectivity index (χ3n) is 5.34. The quantitative estimate of drug-likeness (QED) is 0.594. The predicted octanol–water partition coefficient (Wildman–Crippen LogP) is 4.09. The number of aromatic nitrogens is 1. The van der Waals surface area contributed by atoms with E-state index in [1.807, 2.05) is 0 Å². The van der Waals surface area contributed by atoms with Crippen LogP contribution in [0.3, 0.4) is 0 Å². The Hall–Kier alpha value is -1.73. The van der Waals surface area contributed by atoms with Gasteiger partial charge in [-0.3, -0.25) is 14.6 Å². The molecule has 0 saturated carbocycles. The third-order valence-corrected chi connectivity index (χ3v) is 6.17. The minimum Gasteiger partial charge on any atom is -0.382 e. The average Bonchev–Trinajstić information content (AvgIpc) is 2.74. The minimum absolute atomic E-state index is 0.0195. The Labute approximate surface area is 188 Å². The van der Waals surface area contributed by atoms with Crippen molar-refractivity contribution in [2.45, 2.75) is 37.0 Å². The largest absolute Gasteiger partial charge is 0.382 e. The van der Waals surface area contributed by atoms with E-state index < -0.39 is 23.0 Å². The van der Waals surface area contributed by atoms with E-state index in [9.17, 15) is 14.7 Å². The summed E-state index contributed by atoms with van der Waals surface area (Å²) in [5.74, 6) is -1.34. The summed E-state index contributed by atoms with van der Waals surface area (Å²) in [5, 5.41) is 14.4. The zero-order valence-electron chi connectivity index (χ0n) is 15.9. The molecular formula is C21H20Cl3FN2O3. The van der Waals surface area contributed by atoms with Gasteiger partial charge in [0, 0.05) is 28.2 Å². The van der Waals surface area contributed by atoms with E-state index in [2.05, 4.69) is 10.3 Å². The van der Waals surface area contributed by atoms with Gasteiger partial charge in [0.15, 0.2) is 11.5 Å². The van der Waals surface area contributed by atoms with Crippen LogP contribution in [-0.2, 0) is 27.3 Å². The summed E-state index contributed by atoms with van der Waals surface area (Å²) in [6, 6.07) is 7.90. The number of nitrogens with zero attached hydrogens (tertiary/aromatic N) is 1. The van der Waals surface area contributed by atoms with E-state index in [0.717, 1.165) is 0 Å². The zero-order chi connectivity index (χ0) is 21.9. The molecule has 1 aromatic heterocycles. The Morgan fingerprint density at radius 3 is 2.70 bits per heavy atom. The molecule has 0 spiro atoms. The molecule has 2 N–H and O–H groups in total. The highest BCUT2D eigenvalue weighted by Crippen LogP contribution is 2.46. The summed E-state index contributed by atoms with van der Waals surface area (Å²) in [7, 11) is 0. The third kappa shape index (κ3) is 4.62. The van der Waals surface area contributed by atoms with Gasteiger partial charge in [0.25, 0.3) is 0 Å². The highest BCUT2D eigenvalue weighted by atomic mass is 35.5. The van der Waals surface area contributed by atoms with Gasteiger partial charge < -0.3 is 10.4 Å². The zero-order valence-corrected chi connectivity index (χ0v) is 18.2. The summed E-state index contributed by atoms with van der Waals surface area (Å²) in [6.07, 6.45) is 1.28. The van der Waals surface area contributed by atoms with E-state index in [-0.39, 0.29) is 49.4 Å². The van der Waals surface area contributed by atoms with Crippen LogP contribution in [0.1, 0.15) is 36.1 Å². The van der Waals surface area contributed by atoms with Crippen molar-refractivity contribution in [3.8, 4) is 0 Å². The number of halogens is 4. The number of pyridine rings is 1. The Bertz CT molecular complexity index is 974. The molecule has 0 bridgehead atoms. The first-order chi connectivity index (χ1) is 14.2. The van der Waals surface area contributed by atoms with Gasteiger partial charge in [-0.2, -0.15) is 0 Å². The summed E-state index contributed by atoms with van der Waals surface area (Å²) in [6.45, 7) is -0.173. The first-order valence-corrected chi connectivity index (χ1v) is 10.7. The highest BCUT2D eigenvalue weighted by Gasteiger charge is 2.51. The Balaban J connectivity index is 1.82. The lowest BCUT2D eigenvalue weighted by Gasteiger charge is -2.39. The highest BCUT2D eigenvalue weighted by molar-refractivity contribution is 6.35. The fourth-order valence-electron chi connectivity index (χ4n) is 3.65. The van der Waals surface area contributed by atoms with Gasteiger partial charge >= 0.3 is 0 Å². The molecule has 3 rings (SSSR count). The maximum atomic E-state index is 16.0. The van der Waals surface area contributed by atoms with Crippen LogP contribution in [0.15, 0.2) is 36.5 Å². The molecule has 5 nitrogen and oxygen atoms in total. The molecule has 1 aromatic carbocycles. The molecular weight excluding hydrogens is 454 g/mol. The fourth-order valence-corrected chi connectivity index (χ4v) is 4.25. The summed E-state index contributed by atoms with van der Waals surface area (Å²) >= 11 is 17.5. The number of aryl methyl sites for hydroxylation is 1. The lowest BCUT2D eigenvalue weighted by Crippen LogP contribution is -2.49. The number of hydrogen-bond acceptors (Lipinski definition) is 4. The van der Waals surface area contributed by atoms with Crippen molar-refractivity contribution < 1.29 is 19.1 Å². The Morgan fingerprint density at radius 2 is 2.00 bits per heavy atom. The van der Waals surface area contributed by atoms with Gasteiger partial charge in [-0.25, -0.2) is 4.39 Å². The molecule has 1 aliphatic rings. The van der Waals surface area contributed by atoms with Crippen LogP contribution in [0.25, 0.3) is 0 Å². The topological polar surface area (TPSA) is 79.3 Å². The fraction of sp³-hybridized carbons (Fsp3) is 0.381. The summed E-state index contributed by atoms with van der Waals surface area (Å²) in [4.78, 5) is 28.5. The number of Topliss-reactive ketones (excluding diaryl/α,β-unsaturated/α-hetero) is 1. The number of carbonyl (C=O) groups excluding carboxylic acids is 2. The second kappa shape index (κ2) is 9.18. The molecule has 1 amide bonds. The number of fused-ring (bicyclic) bond motifs is 1. The second-order valence-corrected chi connectivity index (χ2v) is 8.41. The standard InChI is InChI=1S/C21H20Cl3FN2O3/c22-11-18(29)27-12-20(30)7-8-21(25,15-2-1-9-26-19(15)20)17(28)6-4-13-3-5-14(23)10-16(13)24/h1-3,5,9-10,30H,4,6-8,11-12H2,(H,27,29)/t20-,21+/m1/s1. The van der Waals surface area contributed by atoms with E-state index in [0.29, 0.717) is 15.6 Å². The molecule has 0 fully saturated rings. The van der Waals surface area contributed by atoms with Crippen LogP contribution in [-0.4, -0.2) is 34.2 Å². The van der Waals surface area contributed by atoms with Crippen molar-refractivity contribution in [2.75, 3.05) is 12.4 Å². The molecule has 0 unspecified atom stereocenters. The molecule has 2 aromatic rings. The van der Waals surface area contributed by atoms with Crippen molar-refractivity contribution in [1.29, 1.82) is 0 Å². The molecule has 160 valence electrons. The van der Waals surface area contributed by atoms with Crippen molar-refractivity contribution in [2.24, 2.45) is 0 Å². The molecule has 0 radical (unpaired) electrons. The molecule has 9 heteroatoms. The number of hydrogen-bond donors (Lipinski definition) is 2. The number of amides is 1. The molecule has 30 heavy (non-hydrogen) atoms. The van der Waals surface area contributed by atoms with Crippen LogP contribution < -0.4 is 5.32 Å². The smallest absolute Gasteiger partial charge is 0.235 e. The van der Waals surface area contributed by atoms with Crippen LogP contribution >= 0.6 is 34.8 Å². The summed E-state index contributed by atoms with van der Waals surface area (Å²) in [5.41, 5.74) is -3.11. The SMILES string of the molecule is O=C(CCl)NC[C@]1(O)CC[C@@](F)(C(=O)CCc2ccc(Cl)cc2Cl)c2cccnc21. The van der Waals surface area contributed by atoms with Crippen LogP contribution in [0.2, 0.25) is 10.0 Å². The van der Waals surface area contributed by atoms with Gasteiger partial charge in [0.1, 0.15) is 11.5 Å². The predicted molar refractivity (Wildman–Crippen MR) is 114 cm³/mol. The van der Waals surface area contributed by atoms with E-state index in [1.54, 1.807) is 18.2 Å². The first-order valence-electron chi connectivity index (χ1n) is 9.37. The number of benzene rings is 1. The van der Waals surface area contributed by atoms with Gasteiger partial charge in [-0.15, -0.1) is 11.6 Å². The van der Waals surface area contributed by atoms with Crippen molar-refractivity contribution in [3.05, 3.63) is 63.4 Å². The number of alkyl halides is 2. The van der Waals surface area contributed by atoms with E-state index in [1.165, 1.54) is 18.3 Å². The van der Waals surface area contributed by atoms with Gasteiger partial charge in [-0.05, 0) is 43.0 Å². The van der Waals surface area contributed by atoms with Crippen molar-refractivity contribution in [1.82, 2.24) is 10.3 Å². The summed E-state index contributed by atoms with van der Waals surface area (Å²) < 4.78 is 16.0. The normalized spacial score (nSPS) is 23.0. The van der Waals surface area contributed by atoms with Crippen LogP contribution in [0.5, 0.6) is 0 Å². The lowest BCUT2D eigenvalue weighted by atomic mass is 9.72. The molecule has 1 aliphatic carbocycles. The Kier molecular flexibility index (Phi) is 7.02. The van der Waals surface area contributed by atoms with Crippen LogP contribution in [0.4, 0.5) is 4.39 Å². The van der Waals surface area contributed by atoms with Gasteiger partial charge in [0.05, 0.1) is 12.2 Å². The van der Waals surface area contributed by atoms with Crippen LogP contribution in [0, 0.1) is 0 Å². The van der Waals surface area contributed by atoms with Gasteiger partial charge in [0.2, 0.25) is 5.91 Å². The van der Waals surface area contributed by atoms with E-state index in [4.69, 9.17) is 34.8 Å². The maximum absolute atomic E-state index is 16.0. The van der Waals surface area contributed by atoms with Crippen molar-refractivity contribution in [3.63, 3.8) is 0 Å². The monoisotopic (exact) mass is 472 g/mol. The van der Waals surface area contributed by atoms with Crippen molar-refractivity contribution >= 4 is 46.5 Å². The minimum atomic E-state index is -2.29. The van der Waals surface area contributed by atoms with Gasteiger partial charge in [-0.1, -0.05) is 35.3 Å². The number of ketones is 1. The first kappa shape index (κ1) is 22.9. The van der Waals surface area contributed by atoms with E-state index >= 15 is 4.39 Å². The number of rotatable bonds is 7. The number of nitrogens with one attached hydrogen (secondary N) is 1. The molecule has 0 aliphatic heterocycles. The second-order valence-electron chi connectivity index (χ2n) is 7.30.